The highest BCUT2D eigenvalue weighted by Crippen LogP contribution is 2.47. The minimum atomic E-state index is -2.48. The Kier molecular flexibility index (Phi) is 9.43. The molecule has 0 rings (SSSR count). The summed E-state index contributed by atoms with van der Waals surface area (Å²) in [6.07, 6.45) is 5.38. The van der Waals surface area contributed by atoms with Crippen LogP contribution in [0.5, 0.6) is 0 Å². The van der Waals surface area contributed by atoms with E-state index in [2.05, 4.69) is 13.8 Å². The van der Waals surface area contributed by atoms with Crippen molar-refractivity contribution in [3.63, 3.8) is 0 Å². The molecule has 0 aromatic carbocycles. The molecule has 4 nitrogen and oxygen atoms in total. The van der Waals surface area contributed by atoms with E-state index in [0.29, 0.717) is 0 Å². The number of hydrogen-bond donors (Lipinski definition) is 0. The summed E-state index contributed by atoms with van der Waals surface area (Å²) in [5.41, 5.74) is 0. The smallest absolute Gasteiger partial charge is 0.377 e. The predicted octanol–water partition coefficient (Wildman–Crippen LogP) is 3.44. The molecule has 0 aromatic heterocycles. The van der Waals surface area contributed by atoms with Gasteiger partial charge in [-0.2, -0.15) is 0 Å². The highest BCUT2D eigenvalue weighted by atomic mass is 31.2. The van der Waals surface area contributed by atoms with E-state index in [0.717, 1.165) is 43.8 Å². The molecule has 6 heteroatoms. The van der Waals surface area contributed by atoms with Crippen molar-refractivity contribution in [3.05, 3.63) is 0 Å². The van der Waals surface area contributed by atoms with Crippen molar-refractivity contribution in [3.8, 4) is 0 Å². The average Bonchev–Trinajstić information content (AvgIpc) is 2.36. The van der Waals surface area contributed by atoms with Gasteiger partial charge in [-0.1, -0.05) is 13.8 Å². The second-order valence-electron chi connectivity index (χ2n) is 4.63. The van der Waals surface area contributed by atoms with Gasteiger partial charge < -0.3 is 17.8 Å². The Bertz CT molecular complexity index is 238. The minimum absolute atomic E-state index is 0.744. The third-order valence-electron chi connectivity index (χ3n) is 3.24. The normalized spacial score (nSPS) is 12.9. The van der Waals surface area contributed by atoms with E-state index >= 15 is 0 Å². The Balaban J connectivity index is 4.32. The molecule has 0 atom stereocenters. The third kappa shape index (κ3) is 5.98. The zero-order valence-electron chi connectivity index (χ0n) is 12.5. The molecule has 0 aliphatic heterocycles. The van der Waals surface area contributed by atoms with Crippen LogP contribution in [0.1, 0.15) is 33.1 Å². The second kappa shape index (κ2) is 9.27. The van der Waals surface area contributed by atoms with Crippen LogP contribution in [0.2, 0.25) is 6.04 Å². The topological polar surface area (TPSA) is 44.8 Å². The summed E-state index contributed by atoms with van der Waals surface area (Å²) in [6.45, 7) is 4.20. The SMILES string of the molecule is CCCP(=O)(CCC)CCC[Si](OC)(OC)OC. The lowest BCUT2D eigenvalue weighted by Crippen LogP contribution is -2.42. The molecule has 0 N–H and O–H groups in total. The second-order valence-corrected chi connectivity index (χ2v) is 11.2. The lowest BCUT2D eigenvalue weighted by atomic mass is 10.6. The molecule has 0 unspecified atom stereocenters. The first-order valence-corrected chi connectivity index (χ1v) is 10.9. The molecule has 0 aliphatic rings. The van der Waals surface area contributed by atoms with E-state index in [-0.39, 0.29) is 0 Å². The van der Waals surface area contributed by atoms with E-state index < -0.39 is 15.9 Å². The molecule has 0 amide bonds. The fourth-order valence-electron chi connectivity index (χ4n) is 2.29. The first-order chi connectivity index (χ1) is 8.51. The molecule has 0 saturated carbocycles. The van der Waals surface area contributed by atoms with Crippen LogP contribution < -0.4 is 0 Å². The van der Waals surface area contributed by atoms with E-state index in [4.69, 9.17) is 13.3 Å². The van der Waals surface area contributed by atoms with E-state index in [1.807, 2.05) is 0 Å². The van der Waals surface area contributed by atoms with Crippen molar-refractivity contribution in [1.29, 1.82) is 0 Å². The van der Waals surface area contributed by atoms with Crippen LogP contribution in [0.15, 0.2) is 0 Å². The largest absolute Gasteiger partial charge is 0.500 e. The fraction of sp³-hybridized carbons (Fsp3) is 1.00. The molecule has 0 bridgehead atoms. The van der Waals surface area contributed by atoms with Crippen LogP contribution in [0.3, 0.4) is 0 Å². The maximum atomic E-state index is 12.7. The van der Waals surface area contributed by atoms with E-state index in [9.17, 15) is 4.57 Å². The van der Waals surface area contributed by atoms with Crippen molar-refractivity contribution < 1.29 is 17.8 Å². The summed E-state index contributed by atoms with van der Waals surface area (Å²) in [6, 6.07) is 0.744. The molecular formula is C12H29O4PSi. The molecule has 18 heavy (non-hydrogen) atoms. The Hall–Kier alpha value is 0.327. The Labute approximate surface area is 113 Å². The van der Waals surface area contributed by atoms with Gasteiger partial charge in [-0.3, -0.25) is 0 Å². The molecule has 0 radical (unpaired) electrons. The number of hydrogen-bond acceptors (Lipinski definition) is 4. The summed E-state index contributed by atoms with van der Waals surface area (Å²) in [4.78, 5) is 0. The van der Waals surface area contributed by atoms with Crippen molar-refractivity contribution in [1.82, 2.24) is 0 Å². The van der Waals surface area contributed by atoms with Gasteiger partial charge in [-0.15, -0.1) is 0 Å². The van der Waals surface area contributed by atoms with Crippen molar-refractivity contribution in [2.75, 3.05) is 39.8 Å². The Morgan fingerprint density at radius 2 is 1.33 bits per heavy atom. The maximum absolute atomic E-state index is 12.7. The van der Waals surface area contributed by atoms with Crippen LogP contribution in [-0.4, -0.2) is 48.6 Å². The van der Waals surface area contributed by atoms with Crippen LogP contribution in [0.4, 0.5) is 0 Å². The fourth-order valence-corrected chi connectivity index (χ4v) is 7.35. The minimum Gasteiger partial charge on any atom is -0.377 e. The van der Waals surface area contributed by atoms with Gasteiger partial charge in [0.2, 0.25) is 0 Å². The zero-order valence-corrected chi connectivity index (χ0v) is 14.4. The van der Waals surface area contributed by atoms with E-state index in [1.54, 1.807) is 21.3 Å². The zero-order chi connectivity index (χ0) is 14.1. The molecule has 0 saturated heterocycles. The van der Waals surface area contributed by atoms with Gasteiger partial charge in [-0.05, 0) is 19.3 Å². The first kappa shape index (κ1) is 18.3. The van der Waals surface area contributed by atoms with Crippen molar-refractivity contribution in [2.45, 2.75) is 39.2 Å². The molecule has 0 fully saturated rings. The van der Waals surface area contributed by atoms with Crippen molar-refractivity contribution >= 4 is 15.9 Å². The van der Waals surface area contributed by atoms with Gasteiger partial charge in [0.25, 0.3) is 0 Å². The van der Waals surface area contributed by atoms with Gasteiger partial charge >= 0.3 is 8.80 Å². The molecule has 0 aliphatic carbocycles. The summed E-state index contributed by atoms with van der Waals surface area (Å²) in [7, 11) is 0.400. The highest BCUT2D eigenvalue weighted by Gasteiger charge is 2.37. The van der Waals surface area contributed by atoms with Gasteiger partial charge in [0.1, 0.15) is 0 Å². The van der Waals surface area contributed by atoms with Gasteiger partial charge in [0.15, 0.2) is 0 Å². The van der Waals surface area contributed by atoms with Crippen LogP contribution in [0.25, 0.3) is 0 Å². The molecule has 0 aromatic rings. The molecule has 110 valence electrons. The number of rotatable bonds is 11. The highest BCUT2D eigenvalue weighted by molar-refractivity contribution is 7.63. The summed E-state index contributed by atoms with van der Waals surface area (Å²) >= 11 is 0. The van der Waals surface area contributed by atoms with Crippen LogP contribution in [-0.2, 0) is 17.8 Å². The Morgan fingerprint density at radius 3 is 1.67 bits per heavy atom. The maximum Gasteiger partial charge on any atom is 0.500 e. The molecular weight excluding hydrogens is 267 g/mol. The first-order valence-electron chi connectivity index (χ1n) is 6.74. The summed E-state index contributed by atoms with van der Waals surface area (Å²) in [5.74, 6) is 0. The summed E-state index contributed by atoms with van der Waals surface area (Å²) in [5, 5.41) is 0. The average molecular weight is 296 g/mol. The quantitative estimate of drug-likeness (QED) is 0.433. The predicted molar refractivity (Wildman–Crippen MR) is 79.0 cm³/mol. The van der Waals surface area contributed by atoms with Gasteiger partial charge in [0.05, 0.1) is 7.14 Å². The van der Waals surface area contributed by atoms with Crippen LogP contribution >= 0.6 is 7.14 Å². The van der Waals surface area contributed by atoms with Gasteiger partial charge in [-0.25, -0.2) is 0 Å². The monoisotopic (exact) mass is 296 g/mol. The molecule has 0 heterocycles. The lowest BCUT2D eigenvalue weighted by Gasteiger charge is -2.25. The van der Waals surface area contributed by atoms with Crippen molar-refractivity contribution in [2.24, 2.45) is 0 Å². The molecule has 0 spiro atoms. The van der Waals surface area contributed by atoms with Crippen LogP contribution in [0, 0.1) is 0 Å². The third-order valence-corrected chi connectivity index (χ3v) is 9.73. The standard InChI is InChI=1S/C12H29O4PSi/c1-6-9-17(13,10-7-2)11-8-12-18(14-3,15-4)16-5/h6-12H2,1-5H3. The van der Waals surface area contributed by atoms with E-state index in [1.165, 1.54) is 0 Å². The summed E-state index contributed by atoms with van der Waals surface area (Å²) < 4.78 is 28.8. The van der Waals surface area contributed by atoms with Gasteiger partial charge in [0, 0.05) is 45.9 Å². The Morgan fingerprint density at radius 1 is 0.889 bits per heavy atom. The lowest BCUT2D eigenvalue weighted by molar-refractivity contribution is 0.123.